The maximum Gasteiger partial charge on any atom is 0.278 e. The van der Waals surface area contributed by atoms with Crippen LogP contribution in [0.3, 0.4) is 0 Å². The highest BCUT2D eigenvalue weighted by molar-refractivity contribution is 5.77. The second-order valence-electron chi connectivity index (χ2n) is 10.6. The zero-order valence-electron chi connectivity index (χ0n) is 20.1. The van der Waals surface area contributed by atoms with Crippen LogP contribution in [-0.2, 0) is 23.9 Å². The van der Waals surface area contributed by atoms with Gasteiger partial charge in [0.05, 0.1) is 0 Å². The molecule has 35 heavy (non-hydrogen) atoms. The van der Waals surface area contributed by atoms with E-state index in [1.165, 1.54) is 24.0 Å². The molecule has 1 aliphatic heterocycles. The van der Waals surface area contributed by atoms with Gasteiger partial charge in [-0.3, -0.25) is 4.79 Å². The van der Waals surface area contributed by atoms with Crippen molar-refractivity contribution in [2.45, 2.75) is 63.5 Å². The number of hydrogen-bond acceptors (Lipinski definition) is 6. The van der Waals surface area contributed by atoms with Crippen LogP contribution < -0.4 is 16.2 Å². The Morgan fingerprint density at radius 1 is 1.11 bits per heavy atom. The number of hydrogen-bond donors (Lipinski definition) is 2. The molecule has 2 N–H and O–H groups in total. The molecule has 1 aromatic carbocycles. The molecule has 2 saturated carbocycles. The molecule has 2 aliphatic carbocycles. The molecule has 4 heterocycles. The molecule has 0 saturated heterocycles. The lowest BCUT2D eigenvalue weighted by molar-refractivity contribution is 0.531. The van der Waals surface area contributed by atoms with Crippen molar-refractivity contribution in [3.05, 3.63) is 69.8 Å². The summed E-state index contributed by atoms with van der Waals surface area (Å²) in [4.78, 5) is 27.4. The van der Waals surface area contributed by atoms with Crippen LogP contribution in [0.5, 0.6) is 0 Å². The Labute approximate surface area is 203 Å². The second-order valence-corrected chi connectivity index (χ2v) is 10.6. The first-order chi connectivity index (χ1) is 17.0. The number of aromatic nitrogens is 5. The van der Waals surface area contributed by atoms with E-state index in [4.69, 9.17) is 9.97 Å². The molecule has 3 aromatic heterocycles. The minimum Gasteiger partial charge on any atom is -0.324 e. The van der Waals surface area contributed by atoms with Crippen molar-refractivity contribution in [3.63, 3.8) is 0 Å². The van der Waals surface area contributed by atoms with Crippen molar-refractivity contribution in [2.24, 2.45) is 0 Å². The average molecular weight is 468 g/mol. The molecule has 0 bridgehead atoms. The van der Waals surface area contributed by atoms with Gasteiger partial charge in [0.1, 0.15) is 5.39 Å². The van der Waals surface area contributed by atoms with Crippen molar-refractivity contribution in [3.8, 4) is 5.82 Å². The van der Waals surface area contributed by atoms with Crippen molar-refractivity contribution < 1.29 is 0 Å². The van der Waals surface area contributed by atoms with E-state index in [0.717, 1.165) is 37.3 Å². The number of benzene rings is 1. The van der Waals surface area contributed by atoms with E-state index in [0.29, 0.717) is 34.8 Å². The normalized spacial score (nSPS) is 19.0. The summed E-state index contributed by atoms with van der Waals surface area (Å²) in [5, 5.41) is 7.43. The average Bonchev–Trinajstić information content (AvgIpc) is 3.79. The van der Waals surface area contributed by atoms with Crippen molar-refractivity contribution >= 4 is 22.7 Å². The molecule has 0 radical (unpaired) electrons. The number of fused-ring (bicyclic) bond motifs is 3. The molecule has 0 atom stereocenters. The third kappa shape index (κ3) is 3.23. The summed E-state index contributed by atoms with van der Waals surface area (Å²) >= 11 is 0. The predicted octanol–water partition coefficient (Wildman–Crippen LogP) is 3.93. The lowest BCUT2D eigenvalue weighted by Gasteiger charge is -2.26. The van der Waals surface area contributed by atoms with Crippen LogP contribution in [-0.4, -0.2) is 30.9 Å². The molecule has 8 heteroatoms. The van der Waals surface area contributed by atoms with E-state index in [9.17, 15) is 4.79 Å². The van der Waals surface area contributed by atoms with Crippen molar-refractivity contribution in [1.29, 1.82) is 0 Å². The summed E-state index contributed by atoms with van der Waals surface area (Å²) in [6.07, 6.45) is 6.44. The highest BCUT2D eigenvalue weighted by Gasteiger charge is 2.46. The van der Waals surface area contributed by atoms with Gasteiger partial charge in [0.2, 0.25) is 5.95 Å². The van der Waals surface area contributed by atoms with Crippen LogP contribution in [0.1, 0.15) is 56.4 Å². The standard InChI is InChI=1S/C27H29N7O/c1-3-33-24(35)19-15-29-25(30-18-7-8-20-17(13-18)14-28-16-27(20)11-12-27)32-23(19)34(33)22-6-4-5-21(31-22)26(2)9-10-26/h4-8,13,15,28H,3,9-12,14,16H2,1-2H3,(H,29,30,32). The molecule has 0 amide bonds. The van der Waals surface area contributed by atoms with Gasteiger partial charge in [-0.05, 0) is 68.0 Å². The monoisotopic (exact) mass is 467 g/mol. The lowest BCUT2D eigenvalue weighted by atomic mass is 9.88. The molecular weight excluding hydrogens is 438 g/mol. The quantitative estimate of drug-likeness (QED) is 0.462. The van der Waals surface area contributed by atoms with Crippen LogP contribution in [0.25, 0.3) is 16.9 Å². The zero-order chi connectivity index (χ0) is 23.8. The van der Waals surface area contributed by atoms with Gasteiger partial charge in [-0.2, -0.15) is 4.98 Å². The fourth-order valence-electron chi connectivity index (χ4n) is 5.52. The third-order valence-corrected chi connectivity index (χ3v) is 8.11. The van der Waals surface area contributed by atoms with Gasteiger partial charge in [-0.15, -0.1) is 0 Å². The predicted molar refractivity (Wildman–Crippen MR) is 136 cm³/mol. The molecule has 178 valence electrons. The lowest BCUT2D eigenvalue weighted by Crippen LogP contribution is -2.33. The topological polar surface area (TPSA) is 89.7 Å². The first-order valence-electron chi connectivity index (χ1n) is 12.6. The molecule has 1 spiro atoms. The fraction of sp³-hybridized carbons (Fsp3) is 0.407. The molecule has 0 unspecified atom stereocenters. The first-order valence-corrected chi connectivity index (χ1v) is 12.6. The van der Waals surface area contributed by atoms with Gasteiger partial charge in [-0.25, -0.2) is 19.3 Å². The Bertz CT molecular complexity index is 1540. The Kier molecular flexibility index (Phi) is 4.31. The third-order valence-electron chi connectivity index (χ3n) is 8.11. The van der Waals surface area contributed by atoms with Gasteiger partial charge < -0.3 is 10.6 Å². The maximum atomic E-state index is 13.2. The summed E-state index contributed by atoms with van der Waals surface area (Å²) in [7, 11) is 0. The SMILES string of the molecule is CCn1c(=O)c2cnc(Nc3ccc4c(c3)CNCC43CC3)nc2n1-c1cccc(C2(C)CC2)n1. The van der Waals surface area contributed by atoms with Gasteiger partial charge in [-0.1, -0.05) is 19.1 Å². The Balaban J connectivity index is 1.30. The number of pyridine rings is 1. The summed E-state index contributed by atoms with van der Waals surface area (Å²) in [6, 6.07) is 12.6. The molecular formula is C27H29N7O. The Morgan fingerprint density at radius 3 is 2.74 bits per heavy atom. The Morgan fingerprint density at radius 2 is 1.97 bits per heavy atom. The number of nitrogens with zero attached hydrogens (tertiary/aromatic N) is 5. The van der Waals surface area contributed by atoms with Gasteiger partial charge in [0, 0.05) is 48.0 Å². The fourth-order valence-corrected chi connectivity index (χ4v) is 5.52. The van der Waals surface area contributed by atoms with E-state index in [1.54, 1.807) is 10.9 Å². The summed E-state index contributed by atoms with van der Waals surface area (Å²) in [5.74, 6) is 1.18. The second kappa shape index (κ2) is 7.24. The van der Waals surface area contributed by atoms with E-state index >= 15 is 0 Å². The molecule has 3 aliphatic rings. The summed E-state index contributed by atoms with van der Waals surface area (Å²) < 4.78 is 3.53. The minimum absolute atomic E-state index is 0.103. The largest absolute Gasteiger partial charge is 0.324 e. The van der Waals surface area contributed by atoms with Crippen LogP contribution in [0.4, 0.5) is 11.6 Å². The van der Waals surface area contributed by atoms with Gasteiger partial charge in [0.25, 0.3) is 5.56 Å². The van der Waals surface area contributed by atoms with Crippen molar-refractivity contribution in [2.75, 3.05) is 11.9 Å². The minimum atomic E-state index is -0.103. The summed E-state index contributed by atoms with van der Waals surface area (Å²) in [6.45, 7) is 6.67. The molecule has 7 rings (SSSR count). The van der Waals surface area contributed by atoms with E-state index < -0.39 is 0 Å². The highest BCUT2D eigenvalue weighted by atomic mass is 16.1. The molecule has 4 aromatic rings. The first kappa shape index (κ1) is 20.8. The van der Waals surface area contributed by atoms with Crippen LogP contribution >= 0.6 is 0 Å². The van der Waals surface area contributed by atoms with Crippen LogP contribution in [0.2, 0.25) is 0 Å². The number of rotatable bonds is 5. The van der Waals surface area contributed by atoms with Crippen LogP contribution in [0, 0.1) is 0 Å². The molecule has 2 fully saturated rings. The number of anilines is 2. The zero-order valence-corrected chi connectivity index (χ0v) is 20.1. The summed E-state index contributed by atoms with van der Waals surface area (Å²) in [5.41, 5.74) is 5.78. The van der Waals surface area contributed by atoms with E-state index in [2.05, 4.69) is 46.8 Å². The van der Waals surface area contributed by atoms with Crippen LogP contribution in [0.15, 0.2) is 47.4 Å². The highest BCUT2D eigenvalue weighted by Crippen LogP contribution is 2.51. The van der Waals surface area contributed by atoms with E-state index in [-0.39, 0.29) is 11.0 Å². The van der Waals surface area contributed by atoms with E-state index in [1.807, 2.05) is 23.7 Å². The Hall–Kier alpha value is -3.52. The van der Waals surface area contributed by atoms with Crippen molar-refractivity contribution in [1.82, 2.24) is 29.6 Å². The maximum absolute atomic E-state index is 13.2. The van der Waals surface area contributed by atoms with Gasteiger partial charge >= 0.3 is 0 Å². The molecule has 8 nitrogen and oxygen atoms in total. The number of nitrogens with one attached hydrogen (secondary N) is 2. The van der Waals surface area contributed by atoms with Gasteiger partial charge in [0.15, 0.2) is 11.5 Å². The smallest absolute Gasteiger partial charge is 0.278 e.